The molecule has 0 saturated carbocycles. The van der Waals surface area contributed by atoms with Crippen molar-refractivity contribution in [3.8, 4) is 16.9 Å². The number of aromatic nitrogens is 4. The highest BCUT2D eigenvalue weighted by Crippen LogP contribution is 2.34. The Hall–Kier alpha value is -7.11. The Morgan fingerprint density at radius 3 is 2.48 bits per heavy atom. The minimum Gasteiger partial charge on any atom is -0.483 e. The molecule has 316 valence electrons. The maximum absolute atomic E-state index is 13.2. The van der Waals surface area contributed by atoms with E-state index in [0.29, 0.717) is 44.2 Å². The van der Waals surface area contributed by atoms with Gasteiger partial charge in [0.15, 0.2) is 12.3 Å². The number of hydrogen-bond acceptors (Lipinski definition) is 13. The molecular formula is C43H46N10O8. The Kier molecular flexibility index (Phi) is 12.3. The molecule has 8 rings (SSSR count). The highest BCUT2D eigenvalue weighted by atomic mass is 16.5. The lowest BCUT2D eigenvalue weighted by atomic mass is 10.0. The number of nitrogens with one attached hydrogen (secondary N) is 3. The minimum absolute atomic E-state index is 0.00385. The standard InChI is InChI=1S/C43H46N10O8/c54-35-17-16-33(40(57)48-35)53-41(58)31-9-6-10-34(38(31)42(53)59)61-26-36(55)44-18-5-3-1-2-4-11-37(56)51-21-19-50(20-22-51)29-14-12-28(13-15-29)32-25-46-43(52-27-47-49-39(32)52)45-24-30-8-7-23-60-30/h6-10,12-15,23,25,27,33H,1-5,11,16-22,24,26H2,(H,44,55)(H,45,46)(H,48,54,57). The van der Waals surface area contributed by atoms with Crippen molar-refractivity contribution in [2.45, 2.75) is 64.0 Å². The number of carbonyl (C=O) groups is 6. The number of anilines is 2. The third-order valence-electron chi connectivity index (χ3n) is 11.2. The van der Waals surface area contributed by atoms with Gasteiger partial charge in [0.1, 0.15) is 23.9 Å². The second-order valence-corrected chi connectivity index (χ2v) is 15.1. The molecule has 6 amide bonds. The number of nitrogens with zero attached hydrogens (tertiary/aromatic N) is 7. The molecule has 3 aliphatic heterocycles. The monoisotopic (exact) mass is 830 g/mol. The largest absolute Gasteiger partial charge is 0.483 e. The predicted octanol–water partition coefficient (Wildman–Crippen LogP) is 3.58. The predicted molar refractivity (Wildman–Crippen MR) is 220 cm³/mol. The molecule has 18 nitrogen and oxygen atoms in total. The van der Waals surface area contributed by atoms with Crippen LogP contribution in [0.25, 0.3) is 16.8 Å². The van der Waals surface area contributed by atoms with Gasteiger partial charge in [-0.2, -0.15) is 0 Å². The molecule has 0 bridgehead atoms. The van der Waals surface area contributed by atoms with Crippen molar-refractivity contribution in [1.29, 1.82) is 0 Å². The summed E-state index contributed by atoms with van der Waals surface area (Å²) in [6, 6.07) is 15.5. The number of hydrogen-bond donors (Lipinski definition) is 3. The van der Waals surface area contributed by atoms with Crippen LogP contribution < -0.4 is 25.6 Å². The van der Waals surface area contributed by atoms with E-state index in [1.807, 2.05) is 21.4 Å². The number of piperazine rings is 1. The average molecular weight is 831 g/mol. The highest BCUT2D eigenvalue weighted by Gasteiger charge is 2.46. The summed E-state index contributed by atoms with van der Waals surface area (Å²) in [5, 5.41) is 16.7. The number of amides is 6. The first kappa shape index (κ1) is 40.7. The molecule has 2 fully saturated rings. The van der Waals surface area contributed by atoms with Crippen molar-refractivity contribution < 1.29 is 37.9 Å². The molecule has 0 aliphatic carbocycles. The molecule has 18 heteroatoms. The highest BCUT2D eigenvalue weighted by molar-refractivity contribution is 6.24. The van der Waals surface area contributed by atoms with Crippen LogP contribution >= 0.6 is 0 Å². The SMILES string of the molecule is O=C(COc1cccc2c1C(=O)N(C1CCC(=O)NC1=O)C2=O)NCCCCCCCC(=O)N1CCN(c2ccc(-c3cnc(NCc4ccco4)n4cnnc34)cc2)CC1. The maximum atomic E-state index is 13.2. The summed E-state index contributed by atoms with van der Waals surface area (Å²) in [6.07, 6.45) is 9.94. The number of imide groups is 2. The number of unbranched alkanes of at least 4 members (excludes halogenated alkanes) is 4. The summed E-state index contributed by atoms with van der Waals surface area (Å²) in [6.45, 7) is 3.43. The topological polar surface area (TPSA) is 214 Å². The lowest BCUT2D eigenvalue weighted by molar-refractivity contribution is -0.136. The van der Waals surface area contributed by atoms with E-state index >= 15 is 0 Å². The van der Waals surface area contributed by atoms with Crippen LogP contribution in [0, 0.1) is 0 Å². The normalized spacial score (nSPS) is 16.5. The number of benzene rings is 2. The van der Waals surface area contributed by atoms with Crippen molar-refractivity contribution in [1.82, 2.24) is 40.0 Å². The van der Waals surface area contributed by atoms with Gasteiger partial charge in [-0.15, -0.1) is 10.2 Å². The van der Waals surface area contributed by atoms with Crippen molar-refractivity contribution in [3.05, 3.63) is 90.3 Å². The van der Waals surface area contributed by atoms with Gasteiger partial charge in [0.2, 0.25) is 23.7 Å². The number of furan rings is 1. The number of rotatable bonds is 17. The second-order valence-electron chi connectivity index (χ2n) is 15.1. The van der Waals surface area contributed by atoms with Gasteiger partial charge in [0, 0.05) is 63.0 Å². The molecule has 3 aromatic heterocycles. The first-order valence-corrected chi connectivity index (χ1v) is 20.6. The molecule has 0 radical (unpaired) electrons. The van der Waals surface area contributed by atoms with E-state index in [-0.39, 0.29) is 48.1 Å². The van der Waals surface area contributed by atoms with Gasteiger partial charge in [-0.1, -0.05) is 37.5 Å². The quantitative estimate of drug-likeness (QED) is 0.0905. The Bertz CT molecular complexity index is 2420. The van der Waals surface area contributed by atoms with Crippen molar-refractivity contribution in [2.24, 2.45) is 0 Å². The Morgan fingerprint density at radius 1 is 0.885 bits per heavy atom. The molecule has 1 atom stereocenters. The zero-order chi connectivity index (χ0) is 42.3. The van der Waals surface area contributed by atoms with Crippen LogP contribution in [0.5, 0.6) is 5.75 Å². The summed E-state index contributed by atoms with van der Waals surface area (Å²) >= 11 is 0. The first-order chi connectivity index (χ1) is 29.7. The Morgan fingerprint density at radius 2 is 1.69 bits per heavy atom. The summed E-state index contributed by atoms with van der Waals surface area (Å²) in [5.41, 5.74) is 3.71. The zero-order valence-corrected chi connectivity index (χ0v) is 33.5. The van der Waals surface area contributed by atoms with Crippen LogP contribution in [-0.4, -0.2) is 110 Å². The van der Waals surface area contributed by atoms with Crippen LogP contribution in [0.4, 0.5) is 11.6 Å². The third kappa shape index (κ3) is 9.07. The minimum atomic E-state index is -1.09. The van der Waals surface area contributed by atoms with E-state index in [1.54, 1.807) is 24.9 Å². The van der Waals surface area contributed by atoms with Crippen LogP contribution in [0.2, 0.25) is 0 Å². The number of carbonyl (C=O) groups excluding carboxylic acids is 6. The fourth-order valence-electron chi connectivity index (χ4n) is 7.91. The molecule has 2 aromatic carbocycles. The van der Waals surface area contributed by atoms with E-state index in [2.05, 4.69) is 60.3 Å². The average Bonchev–Trinajstić information content (AvgIpc) is 4.04. The zero-order valence-electron chi connectivity index (χ0n) is 33.5. The van der Waals surface area contributed by atoms with Gasteiger partial charge in [-0.3, -0.25) is 43.4 Å². The molecule has 3 aliphatic rings. The lowest BCUT2D eigenvalue weighted by Gasteiger charge is -2.36. The summed E-state index contributed by atoms with van der Waals surface area (Å²) < 4.78 is 12.9. The van der Waals surface area contributed by atoms with E-state index in [0.717, 1.165) is 72.7 Å². The van der Waals surface area contributed by atoms with E-state index < -0.39 is 29.7 Å². The molecular weight excluding hydrogens is 785 g/mol. The van der Waals surface area contributed by atoms with E-state index in [1.165, 1.54) is 12.1 Å². The molecule has 61 heavy (non-hydrogen) atoms. The van der Waals surface area contributed by atoms with Crippen molar-refractivity contribution >= 4 is 52.7 Å². The van der Waals surface area contributed by atoms with Crippen molar-refractivity contribution in [2.75, 3.05) is 49.5 Å². The first-order valence-electron chi connectivity index (χ1n) is 20.6. The molecule has 2 saturated heterocycles. The van der Waals surface area contributed by atoms with Gasteiger partial charge < -0.3 is 29.6 Å². The third-order valence-corrected chi connectivity index (χ3v) is 11.2. The molecule has 0 spiro atoms. The summed E-state index contributed by atoms with van der Waals surface area (Å²) in [5.74, 6) is -1.20. The smallest absolute Gasteiger partial charge is 0.266 e. The number of piperidine rings is 1. The van der Waals surface area contributed by atoms with Crippen LogP contribution in [0.1, 0.15) is 77.8 Å². The van der Waals surface area contributed by atoms with Crippen LogP contribution in [0.15, 0.2) is 77.8 Å². The number of ether oxygens (including phenoxy) is 1. The number of fused-ring (bicyclic) bond motifs is 2. The van der Waals surface area contributed by atoms with Gasteiger partial charge in [-0.25, -0.2) is 4.98 Å². The molecule has 1 unspecified atom stereocenters. The van der Waals surface area contributed by atoms with Crippen molar-refractivity contribution in [3.63, 3.8) is 0 Å². The Labute approximate surface area is 350 Å². The summed E-state index contributed by atoms with van der Waals surface area (Å²) in [4.78, 5) is 85.4. The van der Waals surface area contributed by atoms with E-state index in [4.69, 9.17) is 9.15 Å². The molecule has 5 aromatic rings. The van der Waals surface area contributed by atoms with Gasteiger partial charge in [-0.05, 0) is 61.2 Å². The van der Waals surface area contributed by atoms with Crippen LogP contribution in [-0.2, 0) is 25.7 Å². The van der Waals surface area contributed by atoms with Gasteiger partial charge >= 0.3 is 0 Å². The maximum Gasteiger partial charge on any atom is 0.266 e. The summed E-state index contributed by atoms with van der Waals surface area (Å²) in [7, 11) is 0. The lowest BCUT2D eigenvalue weighted by Crippen LogP contribution is -2.54. The fourth-order valence-corrected chi connectivity index (χ4v) is 7.91. The second kappa shape index (κ2) is 18.4. The van der Waals surface area contributed by atoms with Gasteiger partial charge in [0.25, 0.3) is 17.7 Å². The van der Waals surface area contributed by atoms with Crippen LogP contribution in [0.3, 0.4) is 0 Å². The van der Waals surface area contributed by atoms with Gasteiger partial charge in [0.05, 0.1) is 23.9 Å². The fraction of sp³-hybridized carbons (Fsp3) is 0.372. The Balaban J connectivity index is 0.698. The van der Waals surface area contributed by atoms with E-state index in [9.17, 15) is 28.8 Å². The molecule has 6 heterocycles. The molecule has 3 N–H and O–H groups in total.